The molecule has 30 heavy (non-hydrogen) atoms. The van der Waals surface area contributed by atoms with E-state index >= 15 is 0 Å². The molecule has 2 aromatic carbocycles. The number of amides is 1. The lowest BCUT2D eigenvalue weighted by Gasteiger charge is -2.16. The molecule has 1 N–H and O–H groups in total. The van der Waals surface area contributed by atoms with Crippen molar-refractivity contribution in [3.63, 3.8) is 0 Å². The Morgan fingerprint density at radius 3 is 2.77 bits per heavy atom. The van der Waals surface area contributed by atoms with Gasteiger partial charge in [0.2, 0.25) is 5.91 Å². The molecule has 0 aliphatic heterocycles. The lowest BCUT2D eigenvalue weighted by Crippen LogP contribution is -2.16. The number of benzene rings is 2. The van der Waals surface area contributed by atoms with Gasteiger partial charge in [-0.05, 0) is 45.0 Å². The first-order valence-corrected chi connectivity index (χ1v) is 10.8. The van der Waals surface area contributed by atoms with Crippen molar-refractivity contribution in [1.82, 2.24) is 14.8 Å². The molecule has 6 nitrogen and oxygen atoms in total. The number of anilines is 1. The lowest BCUT2D eigenvalue weighted by molar-refractivity contribution is -0.113. The van der Waals surface area contributed by atoms with E-state index in [-0.39, 0.29) is 23.6 Å². The summed E-state index contributed by atoms with van der Waals surface area (Å²) in [5.74, 6) is 0.718. The molecule has 0 unspecified atom stereocenters. The standard InChI is InChI=1S/C21H22ClFN4O2S/c1-4-27-20(14(3)29-18-11-6-5-8-15(18)22)25-26-21(27)30-12-19(28)24-17-10-7-9-16(23)13(17)2/h5-11,14H,4,12H2,1-3H3,(H,24,28)/t14-/m0/s1. The smallest absolute Gasteiger partial charge is 0.234 e. The Morgan fingerprint density at radius 1 is 1.27 bits per heavy atom. The average molecular weight is 449 g/mol. The summed E-state index contributed by atoms with van der Waals surface area (Å²) in [7, 11) is 0. The van der Waals surface area contributed by atoms with E-state index in [1.807, 2.05) is 30.5 Å². The zero-order valence-electron chi connectivity index (χ0n) is 16.9. The van der Waals surface area contributed by atoms with Crippen molar-refractivity contribution in [2.75, 3.05) is 11.1 Å². The zero-order valence-corrected chi connectivity index (χ0v) is 18.4. The van der Waals surface area contributed by atoms with Gasteiger partial charge in [0.05, 0.1) is 10.8 Å². The highest BCUT2D eigenvalue weighted by Crippen LogP contribution is 2.29. The Morgan fingerprint density at radius 2 is 2.03 bits per heavy atom. The first-order valence-electron chi connectivity index (χ1n) is 9.42. The summed E-state index contributed by atoms with van der Waals surface area (Å²) in [4.78, 5) is 12.3. The van der Waals surface area contributed by atoms with E-state index in [1.54, 1.807) is 31.2 Å². The van der Waals surface area contributed by atoms with Crippen LogP contribution in [-0.2, 0) is 11.3 Å². The SMILES string of the molecule is CCn1c(SCC(=O)Nc2cccc(F)c2C)nnc1[C@H](C)Oc1ccccc1Cl. The van der Waals surface area contributed by atoms with Gasteiger partial charge in [0.15, 0.2) is 17.1 Å². The molecule has 1 heterocycles. The van der Waals surface area contributed by atoms with Gasteiger partial charge in [-0.15, -0.1) is 10.2 Å². The van der Waals surface area contributed by atoms with E-state index < -0.39 is 0 Å². The van der Waals surface area contributed by atoms with E-state index in [0.717, 1.165) is 0 Å². The van der Waals surface area contributed by atoms with Gasteiger partial charge in [-0.25, -0.2) is 4.39 Å². The number of aromatic nitrogens is 3. The molecule has 0 aliphatic carbocycles. The Labute approximate surface area is 183 Å². The third kappa shape index (κ3) is 5.12. The number of thioether (sulfide) groups is 1. The maximum atomic E-state index is 13.6. The van der Waals surface area contributed by atoms with E-state index in [2.05, 4.69) is 15.5 Å². The molecule has 158 valence electrons. The number of carbonyl (C=O) groups is 1. The third-order valence-electron chi connectivity index (χ3n) is 4.44. The van der Waals surface area contributed by atoms with Gasteiger partial charge >= 0.3 is 0 Å². The van der Waals surface area contributed by atoms with Gasteiger partial charge in [0.25, 0.3) is 0 Å². The number of nitrogens with zero attached hydrogens (tertiary/aromatic N) is 3. The van der Waals surface area contributed by atoms with Crippen LogP contribution in [0.1, 0.15) is 31.3 Å². The van der Waals surface area contributed by atoms with Crippen LogP contribution >= 0.6 is 23.4 Å². The number of hydrogen-bond acceptors (Lipinski definition) is 5. The summed E-state index contributed by atoms with van der Waals surface area (Å²) in [5, 5.41) is 12.3. The molecule has 3 aromatic rings. The number of carbonyl (C=O) groups excluding carboxylic acids is 1. The first-order chi connectivity index (χ1) is 14.4. The van der Waals surface area contributed by atoms with E-state index in [1.165, 1.54) is 17.8 Å². The maximum absolute atomic E-state index is 13.6. The minimum Gasteiger partial charge on any atom is -0.481 e. The number of ether oxygens (including phenoxy) is 1. The first kappa shape index (κ1) is 22.1. The second-order valence-electron chi connectivity index (χ2n) is 6.52. The second-order valence-corrected chi connectivity index (χ2v) is 7.87. The molecule has 0 radical (unpaired) electrons. The van der Waals surface area contributed by atoms with Crippen LogP contribution in [0, 0.1) is 12.7 Å². The molecule has 0 spiro atoms. The van der Waals surface area contributed by atoms with Crippen molar-refractivity contribution in [3.8, 4) is 5.75 Å². The van der Waals surface area contributed by atoms with Crippen molar-refractivity contribution in [2.45, 2.75) is 38.6 Å². The fourth-order valence-electron chi connectivity index (χ4n) is 2.85. The van der Waals surface area contributed by atoms with Crippen molar-refractivity contribution in [3.05, 3.63) is 64.7 Å². The predicted octanol–water partition coefficient (Wildman–Crippen LogP) is 5.27. The summed E-state index contributed by atoms with van der Waals surface area (Å²) >= 11 is 7.43. The minimum atomic E-state index is -0.379. The highest BCUT2D eigenvalue weighted by atomic mass is 35.5. The van der Waals surface area contributed by atoms with Crippen LogP contribution in [0.2, 0.25) is 5.02 Å². The van der Waals surface area contributed by atoms with Crippen LogP contribution in [0.25, 0.3) is 0 Å². The molecular formula is C21H22ClFN4O2S. The van der Waals surface area contributed by atoms with Gasteiger partial charge < -0.3 is 14.6 Å². The van der Waals surface area contributed by atoms with Crippen LogP contribution in [0.15, 0.2) is 47.6 Å². The molecule has 1 aromatic heterocycles. The van der Waals surface area contributed by atoms with Crippen molar-refractivity contribution >= 4 is 35.0 Å². The third-order valence-corrected chi connectivity index (χ3v) is 5.72. The van der Waals surface area contributed by atoms with Crippen LogP contribution in [0.3, 0.4) is 0 Å². The number of rotatable bonds is 8. The Balaban J connectivity index is 1.66. The molecule has 1 amide bonds. The molecule has 9 heteroatoms. The van der Waals surface area contributed by atoms with Crippen LogP contribution in [0.5, 0.6) is 5.75 Å². The molecule has 0 bridgehead atoms. The highest BCUT2D eigenvalue weighted by Gasteiger charge is 2.20. The maximum Gasteiger partial charge on any atom is 0.234 e. The quantitative estimate of drug-likeness (QED) is 0.475. The average Bonchev–Trinajstić information content (AvgIpc) is 3.14. The van der Waals surface area contributed by atoms with Crippen LogP contribution < -0.4 is 10.1 Å². The van der Waals surface area contributed by atoms with Crippen molar-refractivity contribution < 1.29 is 13.9 Å². The highest BCUT2D eigenvalue weighted by molar-refractivity contribution is 7.99. The summed E-state index contributed by atoms with van der Waals surface area (Å²) < 4.78 is 21.5. The van der Waals surface area contributed by atoms with Gasteiger partial charge in [-0.2, -0.15) is 0 Å². The van der Waals surface area contributed by atoms with Gasteiger partial charge in [0, 0.05) is 17.8 Å². The van der Waals surface area contributed by atoms with E-state index in [9.17, 15) is 9.18 Å². The number of halogens is 2. The summed E-state index contributed by atoms with van der Waals surface area (Å²) in [5.41, 5.74) is 0.861. The van der Waals surface area contributed by atoms with Crippen molar-refractivity contribution in [1.29, 1.82) is 0 Å². The normalized spacial score (nSPS) is 11.9. The van der Waals surface area contributed by atoms with Crippen LogP contribution in [0.4, 0.5) is 10.1 Å². The second kappa shape index (κ2) is 9.95. The molecule has 0 fully saturated rings. The van der Waals surface area contributed by atoms with Crippen LogP contribution in [-0.4, -0.2) is 26.4 Å². The largest absolute Gasteiger partial charge is 0.481 e. The van der Waals surface area contributed by atoms with Gasteiger partial charge in [-0.1, -0.05) is 41.6 Å². The lowest BCUT2D eigenvalue weighted by atomic mass is 10.2. The summed E-state index contributed by atoms with van der Waals surface area (Å²) in [6.45, 7) is 6.08. The van der Waals surface area contributed by atoms with Crippen molar-refractivity contribution in [2.24, 2.45) is 0 Å². The number of nitrogens with one attached hydrogen (secondary N) is 1. The molecule has 3 rings (SSSR count). The number of para-hydroxylation sites is 1. The molecule has 0 saturated heterocycles. The molecule has 0 saturated carbocycles. The molecular weight excluding hydrogens is 427 g/mol. The fraction of sp³-hybridized carbons (Fsp3) is 0.286. The molecule has 0 aliphatic rings. The topological polar surface area (TPSA) is 69.0 Å². The fourth-order valence-corrected chi connectivity index (χ4v) is 3.84. The zero-order chi connectivity index (χ0) is 21.7. The van der Waals surface area contributed by atoms with E-state index in [4.69, 9.17) is 16.3 Å². The monoisotopic (exact) mass is 448 g/mol. The minimum absolute atomic E-state index is 0.119. The Hall–Kier alpha value is -2.58. The van der Waals surface area contributed by atoms with Gasteiger partial charge in [0.1, 0.15) is 11.6 Å². The Bertz CT molecular complexity index is 1040. The predicted molar refractivity (Wildman–Crippen MR) is 117 cm³/mol. The number of hydrogen-bond donors (Lipinski definition) is 1. The Kier molecular flexibility index (Phi) is 7.33. The summed E-state index contributed by atoms with van der Waals surface area (Å²) in [6, 6.07) is 11.8. The summed E-state index contributed by atoms with van der Waals surface area (Å²) in [6.07, 6.45) is -0.379. The van der Waals surface area contributed by atoms with Gasteiger partial charge in [-0.3, -0.25) is 4.79 Å². The molecule has 1 atom stereocenters. The van der Waals surface area contributed by atoms with E-state index in [0.29, 0.717) is 39.5 Å².